The summed E-state index contributed by atoms with van der Waals surface area (Å²) in [5.41, 5.74) is 6.48. The first-order valence-electron chi connectivity index (χ1n) is 11.5. The van der Waals surface area contributed by atoms with Crippen LogP contribution in [0.25, 0.3) is 5.69 Å². The molecule has 2 aromatic carbocycles. The lowest BCUT2D eigenvalue weighted by Gasteiger charge is -2.28. The Morgan fingerprint density at radius 1 is 0.857 bits per heavy atom. The van der Waals surface area contributed by atoms with Crippen molar-refractivity contribution in [2.24, 2.45) is 0 Å². The second kappa shape index (κ2) is 9.43. The molecule has 0 amide bonds. The number of ether oxygens (including phenoxy) is 2. The Bertz CT molecular complexity index is 1350. The molecular weight excluding hydrogens is 456 g/mol. The van der Waals surface area contributed by atoms with E-state index >= 15 is 0 Å². The molecule has 35 heavy (non-hydrogen) atoms. The van der Waals surface area contributed by atoms with Gasteiger partial charge in [0.2, 0.25) is 0 Å². The smallest absolute Gasteiger partial charge is 0.174 e. The van der Waals surface area contributed by atoms with Gasteiger partial charge < -0.3 is 24.3 Å². The van der Waals surface area contributed by atoms with Gasteiger partial charge >= 0.3 is 0 Å². The molecule has 0 unspecified atom stereocenters. The fourth-order valence-corrected chi connectivity index (χ4v) is 5.27. The van der Waals surface area contributed by atoms with Crippen LogP contribution >= 0.6 is 12.2 Å². The van der Waals surface area contributed by atoms with E-state index in [1.54, 1.807) is 14.2 Å². The molecule has 0 aliphatic carbocycles. The molecule has 1 aliphatic rings. The van der Waals surface area contributed by atoms with Crippen LogP contribution in [-0.2, 0) is 0 Å². The fourth-order valence-electron chi connectivity index (χ4n) is 4.92. The molecule has 2 atom stereocenters. The molecule has 0 radical (unpaired) electrons. The molecule has 178 valence electrons. The molecule has 1 fully saturated rings. The number of anilines is 1. The predicted molar refractivity (Wildman–Crippen MR) is 143 cm³/mol. The van der Waals surface area contributed by atoms with Crippen LogP contribution in [0, 0.1) is 13.8 Å². The van der Waals surface area contributed by atoms with E-state index in [0.717, 1.165) is 40.0 Å². The lowest BCUT2D eigenvalue weighted by Crippen LogP contribution is -2.29. The molecule has 0 saturated carbocycles. The van der Waals surface area contributed by atoms with Crippen molar-refractivity contribution in [1.29, 1.82) is 0 Å². The number of benzene rings is 2. The number of methoxy groups -OCH3 is 2. The average Bonchev–Trinajstić information content (AvgIpc) is 3.39. The molecule has 1 N–H and O–H groups in total. The van der Waals surface area contributed by atoms with Crippen LogP contribution in [0.5, 0.6) is 11.5 Å². The van der Waals surface area contributed by atoms with E-state index < -0.39 is 0 Å². The molecule has 5 rings (SSSR count). The molecular formula is C28H28N4O2S. The SMILES string of the molecule is COc1ccc(-n2c(C)cc([C@@H]3[C@@H](c4ccccn4)NC(=S)N3c3cccc(OC)c3)c2C)cc1. The van der Waals surface area contributed by atoms with Gasteiger partial charge in [-0.15, -0.1) is 0 Å². The topological polar surface area (TPSA) is 51.5 Å². The highest BCUT2D eigenvalue weighted by Crippen LogP contribution is 2.44. The first kappa shape index (κ1) is 22.9. The molecule has 6 nitrogen and oxygen atoms in total. The number of aromatic nitrogens is 2. The second-order valence-corrected chi connectivity index (χ2v) is 8.94. The molecule has 0 spiro atoms. The zero-order valence-corrected chi connectivity index (χ0v) is 21.0. The number of nitrogens with zero attached hydrogens (tertiary/aromatic N) is 3. The van der Waals surface area contributed by atoms with Gasteiger partial charge in [-0.05, 0) is 86.2 Å². The van der Waals surface area contributed by atoms with E-state index in [1.807, 2.05) is 54.7 Å². The van der Waals surface area contributed by atoms with Crippen molar-refractivity contribution in [3.8, 4) is 17.2 Å². The zero-order valence-electron chi connectivity index (χ0n) is 20.2. The van der Waals surface area contributed by atoms with Gasteiger partial charge in [-0.1, -0.05) is 12.1 Å². The van der Waals surface area contributed by atoms with Gasteiger partial charge in [0.1, 0.15) is 11.5 Å². The zero-order chi connectivity index (χ0) is 24.5. The van der Waals surface area contributed by atoms with E-state index in [0.29, 0.717) is 5.11 Å². The molecule has 7 heteroatoms. The lowest BCUT2D eigenvalue weighted by molar-refractivity contribution is 0.414. The van der Waals surface area contributed by atoms with Gasteiger partial charge in [0.15, 0.2) is 5.11 Å². The van der Waals surface area contributed by atoms with Crippen LogP contribution in [0.3, 0.4) is 0 Å². The summed E-state index contributed by atoms with van der Waals surface area (Å²) >= 11 is 5.89. The van der Waals surface area contributed by atoms with E-state index in [9.17, 15) is 0 Å². The largest absolute Gasteiger partial charge is 0.497 e. The first-order chi connectivity index (χ1) is 17.0. The van der Waals surface area contributed by atoms with Gasteiger partial charge in [0.25, 0.3) is 0 Å². The summed E-state index contributed by atoms with van der Waals surface area (Å²) in [6.07, 6.45) is 1.83. The highest BCUT2D eigenvalue weighted by molar-refractivity contribution is 7.80. The Labute approximate surface area is 211 Å². The molecule has 1 saturated heterocycles. The summed E-state index contributed by atoms with van der Waals surface area (Å²) in [5, 5.41) is 4.20. The Morgan fingerprint density at radius 2 is 1.63 bits per heavy atom. The van der Waals surface area contributed by atoms with Crippen molar-refractivity contribution in [2.75, 3.05) is 19.1 Å². The maximum Gasteiger partial charge on any atom is 0.174 e. The number of hydrogen-bond acceptors (Lipinski definition) is 4. The van der Waals surface area contributed by atoms with Gasteiger partial charge in [-0.3, -0.25) is 4.98 Å². The van der Waals surface area contributed by atoms with Crippen molar-refractivity contribution < 1.29 is 9.47 Å². The van der Waals surface area contributed by atoms with Crippen molar-refractivity contribution >= 4 is 23.0 Å². The highest BCUT2D eigenvalue weighted by Gasteiger charge is 2.42. The van der Waals surface area contributed by atoms with Crippen LogP contribution < -0.4 is 19.7 Å². The maximum absolute atomic E-state index is 5.89. The molecule has 0 bridgehead atoms. The minimum atomic E-state index is -0.111. The summed E-state index contributed by atoms with van der Waals surface area (Å²) < 4.78 is 13.1. The number of nitrogens with one attached hydrogen (secondary N) is 1. The van der Waals surface area contributed by atoms with Gasteiger partial charge in [-0.25, -0.2) is 0 Å². The summed E-state index contributed by atoms with van der Waals surface area (Å²) in [7, 11) is 3.36. The van der Waals surface area contributed by atoms with E-state index in [1.165, 1.54) is 5.56 Å². The van der Waals surface area contributed by atoms with E-state index in [-0.39, 0.29) is 12.1 Å². The summed E-state index contributed by atoms with van der Waals surface area (Å²) in [4.78, 5) is 6.85. The maximum atomic E-state index is 5.89. The molecule has 3 heterocycles. The number of thiocarbonyl (C=S) groups is 1. The monoisotopic (exact) mass is 484 g/mol. The Balaban J connectivity index is 1.66. The van der Waals surface area contributed by atoms with Gasteiger partial charge in [-0.2, -0.15) is 0 Å². The van der Waals surface area contributed by atoms with Crippen molar-refractivity contribution in [1.82, 2.24) is 14.9 Å². The van der Waals surface area contributed by atoms with Crippen LogP contribution in [0.2, 0.25) is 0 Å². The molecule has 1 aliphatic heterocycles. The van der Waals surface area contributed by atoms with E-state index in [2.05, 4.69) is 57.9 Å². The third-order valence-electron chi connectivity index (χ3n) is 6.55. The highest BCUT2D eigenvalue weighted by atomic mass is 32.1. The molecule has 4 aromatic rings. The second-order valence-electron chi connectivity index (χ2n) is 8.56. The van der Waals surface area contributed by atoms with Crippen LogP contribution in [0.15, 0.2) is 79.0 Å². The van der Waals surface area contributed by atoms with Crippen molar-refractivity contribution in [3.05, 3.63) is 102 Å². The third-order valence-corrected chi connectivity index (χ3v) is 6.86. The Hall–Kier alpha value is -3.84. The van der Waals surface area contributed by atoms with Gasteiger partial charge in [0, 0.05) is 35.0 Å². The van der Waals surface area contributed by atoms with Crippen molar-refractivity contribution in [3.63, 3.8) is 0 Å². The fraction of sp³-hybridized carbons (Fsp3) is 0.214. The predicted octanol–water partition coefficient (Wildman–Crippen LogP) is 5.68. The standard InChI is InChI=1S/C28H28N4O2S/c1-18-16-24(19(2)31(18)20-11-13-22(33-3)14-12-20)27-26(25-10-5-6-15-29-25)30-28(35)32(27)21-8-7-9-23(17-21)34-4/h5-17,26-27H,1-4H3,(H,30,35)/t26-,27-/m1/s1. The van der Waals surface area contributed by atoms with Crippen LogP contribution in [0.1, 0.15) is 34.7 Å². The summed E-state index contributed by atoms with van der Waals surface area (Å²) in [6.45, 7) is 4.29. The van der Waals surface area contributed by atoms with E-state index in [4.69, 9.17) is 21.7 Å². The summed E-state index contributed by atoms with van der Waals surface area (Å²) in [5.74, 6) is 1.62. The minimum absolute atomic E-state index is 0.0947. The third kappa shape index (κ3) is 4.12. The average molecular weight is 485 g/mol. The van der Waals surface area contributed by atoms with Gasteiger partial charge in [0.05, 0.1) is 32.0 Å². The number of rotatable bonds is 6. The van der Waals surface area contributed by atoms with Crippen molar-refractivity contribution in [2.45, 2.75) is 25.9 Å². The number of hydrogen-bond donors (Lipinski definition) is 1. The van der Waals surface area contributed by atoms with Crippen LogP contribution in [-0.4, -0.2) is 28.9 Å². The normalized spacial score (nSPS) is 17.4. The Morgan fingerprint density at radius 3 is 2.31 bits per heavy atom. The molecule has 2 aromatic heterocycles. The first-order valence-corrected chi connectivity index (χ1v) is 11.9. The quantitative estimate of drug-likeness (QED) is 0.355. The summed E-state index contributed by atoms with van der Waals surface area (Å²) in [6, 6.07) is 24.2. The number of aryl methyl sites for hydroxylation is 1. The lowest BCUT2D eigenvalue weighted by atomic mass is 9.96. The number of pyridine rings is 1. The minimum Gasteiger partial charge on any atom is -0.497 e. The van der Waals surface area contributed by atoms with Crippen LogP contribution in [0.4, 0.5) is 5.69 Å². The Kier molecular flexibility index (Phi) is 6.17.